The minimum absolute atomic E-state index is 0.634. The molecule has 0 N–H and O–H groups in total. The molecular weight excluding hydrogens is 550 g/mol. The van der Waals surface area contributed by atoms with E-state index in [-0.39, 0.29) is 0 Å². The van der Waals surface area contributed by atoms with Crippen molar-refractivity contribution < 1.29 is 4.42 Å². The average Bonchev–Trinajstić information content (AvgIpc) is 3.50. The number of para-hydroxylation sites is 1. The highest BCUT2D eigenvalue weighted by Crippen LogP contribution is 2.42. The van der Waals surface area contributed by atoms with Crippen LogP contribution in [0.3, 0.4) is 0 Å². The van der Waals surface area contributed by atoms with E-state index in [2.05, 4.69) is 103 Å². The molecule has 2 heterocycles. The molecule has 0 aliphatic rings. The number of nitrogens with zero attached hydrogens (tertiary/aromatic N) is 3. The van der Waals surface area contributed by atoms with Crippen molar-refractivity contribution >= 4 is 43.5 Å². The number of aromatic nitrogens is 3. The van der Waals surface area contributed by atoms with Gasteiger partial charge in [-0.05, 0) is 45.5 Å². The second-order valence-corrected chi connectivity index (χ2v) is 11.2. The summed E-state index contributed by atoms with van der Waals surface area (Å²) in [6, 6.07) is 52.2. The summed E-state index contributed by atoms with van der Waals surface area (Å²) in [7, 11) is 0. The maximum absolute atomic E-state index is 6.27. The van der Waals surface area contributed by atoms with Crippen molar-refractivity contribution in [3.63, 3.8) is 0 Å². The molecule has 7 aromatic carbocycles. The maximum atomic E-state index is 6.27. The monoisotopic (exact) mass is 575 g/mol. The highest BCUT2D eigenvalue weighted by atomic mass is 16.3. The minimum atomic E-state index is 0.634. The number of fused-ring (bicyclic) bond motifs is 5. The van der Waals surface area contributed by atoms with Crippen LogP contribution in [0.5, 0.6) is 0 Å². The van der Waals surface area contributed by atoms with Crippen molar-refractivity contribution in [1.29, 1.82) is 0 Å². The molecule has 2 aromatic heterocycles. The predicted octanol–water partition coefficient (Wildman–Crippen LogP) is 10.7. The van der Waals surface area contributed by atoms with Crippen molar-refractivity contribution in [3.05, 3.63) is 152 Å². The van der Waals surface area contributed by atoms with Crippen molar-refractivity contribution in [2.75, 3.05) is 0 Å². The van der Waals surface area contributed by atoms with Crippen LogP contribution in [0.2, 0.25) is 0 Å². The van der Waals surface area contributed by atoms with Gasteiger partial charge < -0.3 is 4.42 Å². The zero-order chi connectivity index (χ0) is 29.7. The third kappa shape index (κ3) is 4.27. The van der Waals surface area contributed by atoms with E-state index in [4.69, 9.17) is 19.4 Å². The Morgan fingerprint density at radius 2 is 0.956 bits per heavy atom. The molecule has 0 spiro atoms. The SMILES string of the molecule is c1ccc(-c2nc(-c3ccc4ccccc4c3)nc(-c3cccc4cccc(-c5cccc6oc7ccccc7c56)c34)n2)cc1. The van der Waals surface area contributed by atoms with Crippen LogP contribution in [-0.2, 0) is 0 Å². The van der Waals surface area contributed by atoms with Crippen LogP contribution >= 0.6 is 0 Å². The minimum Gasteiger partial charge on any atom is -0.456 e. The van der Waals surface area contributed by atoms with Gasteiger partial charge in [-0.3, -0.25) is 0 Å². The largest absolute Gasteiger partial charge is 0.456 e. The van der Waals surface area contributed by atoms with Crippen molar-refractivity contribution in [3.8, 4) is 45.3 Å². The molecule has 4 nitrogen and oxygen atoms in total. The summed E-state index contributed by atoms with van der Waals surface area (Å²) in [5.74, 6) is 1.91. The fraction of sp³-hybridized carbons (Fsp3) is 0. The summed E-state index contributed by atoms with van der Waals surface area (Å²) < 4.78 is 6.27. The van der Waals surface area contributed by atoms with Crippen LogP contribution in [0.4, 0.5) is 0 Å². The third-order valence-electron chi connectivity index (χ3n) is 8.51. The van der Waals surface area contributed by atoms with E-state index in [1.165, 1.54) is 5.39 Å². The van der Waals surface area contributed by atoms with Crippen LogP contribution in [0.15, 0.2) is 156 Å². The first-order valence-electron chi connectivity index (χ1n) is 15.0. The standard InChI is InChI=1S/C41H25N3O/c1-2-12-28(13-3-1)39-42-40(30-24-23-26-11-4-5-14-29(26)25-30)44-41(43-39)34-20-9-16-27-15-8-18-31(37(27)34)32-19-10-22-36-38(32)33-17-6-7-21-35(33)45-36/h1-25H. The van der Waals surface area contributed by atoms with Gasteiger partial charge in [0.05, 0.1) is 0 Å². The first-order valence-corrected chi connectivity index (χ1v) is 15.0. The molecule has 0 radical (unpaired) electrons. The molecule has 0 saturated carbocycles. The summed E-state index contributed by atoms with van der Waals surface area (Å²) in [6.45, 7) is 0. The Kier molecular flexibility index (Phi) is 5.78. The molecule has 9 aromatic rings. The Labute approximate surface area is 259 Å². The normalized spacial score (nSPS) is 11.6. The van der Waals surface area contributed by atoms with Gasteiger partial charge in [0.25, 0.3) is 0 Å². The van der Waals surface area contributed by atoms with Gasteiger partial charge in [-0.15, -0.1) is 0 Å². The molecule has 0 amide bonds. The molecule has 0 fully saturated rings. The highest BCUT2D eigenvalue weighted by Gasteiger charge is 2.19. The van der Waals surface area contributed by atoms with Gasteiger partial charge in [-0.2, -0.15) is 0 Å². The summed E-state index contributed by atoms with van der Waals surface area (Å²) in [5, 5.41) is 6.73. The molecule has 0 bridgehead atoms. The lowest BCUT2D eigenvalue weighted by atomic mass is 9.92. The molecule has 0 atom stereocenters. The zero-order valence-electron chi connectivity index (χ0n) is 24.2. The van der Waals surface area contributed by atoms with E-state index >= 15 is 0 Å². The summed E-state index contributed by atoms with van der Waals surface area (Å²) in [4.78, 5) is 15.3. The van der Waals surface area contributed by atoms with Crippen molar-refractivity contribution in [2.45, 2.75) is 0 Å². The molecule has 0 saturated heterocycles. The van der Waals surface area contributed by atoms with Gasteiger partial charge in [0.1, 0.15) is 11.2 Å². The molecule has 45 heavy (non-hydrogen) atoms. The Morgan fingerprint density at radius 3 is 1.80 bits per heavy atom. The van der Waals surface area contributed by atoms with Crippen LogP contribution in [-0.4, -0.2) is 15.0 Å². The summed E-state index contributed by atoms with van der Waals surface area (Å²) >= 11 is 0. The number of rotatable bonds is 4. The van der Waals surface area contributed by atoms with E-state index in [1.807, 2.05) is 48.5 Å². The van der Waals surface area contributed by atoms with Gasteiger partial charge in [0.2, 0.25) is 0 Å². The second-order valence-electron chi connectivity index (χ2n) is 11.2. The molecule has 0 unspecified atom stereocenters. The Hall–Kier alpha value is -6.13. The van der Waals surface area contributed by atoms with Crippen molar-refractivity contribution in [1.82, 2.24) is 15.0 Å². The topological polar surface area (TPSA) is 51.8 Å². The van der Waals surface area contributed by atoms with E-state index in [0.717, 1.165) is 65.9 Å². The molecule has 0 aliphatic carbocycles. The van der Waals surface area contributed by atoms with Crippen molar-refractivity contribution in [2.24, 2.45) is 0 Å². The Bertz CT molecular complexity index is 2540. The van der Waals surface area contributed by atoms with E-state index in [0.29, 0.717) is 17.5 Å². The van der Waals surface area contributed by atoms with Crippen LogP contribution in [0, 0.1) is 0 Å². The van der Waals surface area contributed by atoms with Crippen LogP contribution in [0.25, 0.3) is 88.8 Å². The summed E-state index contributed by atoms with van der Waals surface area (Å²) in [5.41, 5.74) is 6.81. The quantitative estimate of drug-likeness (QED) is 0.209. The molecule has 9 rings (SSSR count). The van der Waals surface area contributed by atoms with Crippen LogP contribution in [0.1, 0.15) is 0 Å². The predicted molar refractivity (Wildman–Crippen MR) is 184 cm³/mol. The van der Waals surface area contributed by atoms with Crippen LogP contribution < -0.4 is 0 Å². The molecule has 4 heteroatoms. The van der Waals surface area contributed by atoms with Gasteiger partial charge in [0, 0.05) is 32.8 Å². The number of hydrogen-bond acceptors (Lipinski definition) is 4. The molecule has 0 aliphatic heterocycles. The third-order valence-corrected chi connectivity index (χ3v) is 8.51. The fourth-order valence-electron chi connectivity index (χ4n) is 6.42. The smallest absolute Gasteiger partial charge is 0.164 e. The van der Waals surface area contributed by atoms with Gasteiger partial charge in [0.15, 0.2) is 17.5 Å². The number of furan rings is 1. The lowest BCUT2D eigenvalue weighted by molar-refractivity contribution is 0.669. The van der Waals surface area contributed by atoms with E-state index in [1.54, 1.807) is 0 Å². The van der Waals surface area contributed by atoms with E-state index < -0.39 is 0 Å². The first kappa shape index (κ1) is 25.4. The lowest BCUT2D eigenvalue weighted by Gasteiger charge is -2.14. The first-order chi connectivity index (χ1) is 22.3. The van der Waals surface area contributed by atoms with E-state index in [9.17, 15) is 0 Å². The highest BCUT2D eigenvalue weighted by molar-refractivity contribution is 6.17. The fourth-order valence-corrected chi connectivity index (χ4v) is 6.42. The Morgan fingerprint density at radius 1 is 0.356 bits per heavy atom. The Balaban J connectivity index is 1.32. The number of benzene rings is 7. The number of hydrogen-bond donors (Lipinski definition) is 0. The molecule has 210 valence electrons. The zero-order valence-corrected chi connectivity index (χ0v) is 24.2. The molecular formula is C41H25N3O. The van der Waals surface area contributed by atoms with Gasteiger partial charge >= 0.3 is 0 Å². The maximum Gasteiger partial charge on any atom is 0.164 e. The lowest BCUT2D eigenvalue weighted by Crippen LogP contribution is -2.01. The average molecular weight is 576 g/mol. The summed E-state index contributed by atoms with van der Waals surface area (Å²) in [6.07, 6.45) is 0. The van der Waals surface area contributed by atoms with Gasteiger partial charge in [-0.1, -0.05) is 133 Å². The van der Waals surface area contributed by atoms with Gasteiger partial charge in [-0.25, -0.2) is 15.0 Å². The second kappa shape index (κ2) is 10.2.